The van der Waals surface area contributed by atoms with Gasteiger partial charge in [-0.05, 0) is 71.0 Å². The molecule has 0 unspecified atom stereocenters. The molecule has 0 spiro atoms. The maximum Gasteiger partial charge on any atom is 0.435 e. The normalized spacial score (nSPS) is 11.4. The lowest BCUT2D eigenvalue weighted by Gasteiger charge is -2.19. The van der Waals surface area contributed by atoms with Gasteiger partial charge in [-0.2, -0.15) is 9.78 Å². The van der Waals surface area contributed by atoms with Gasteiger partial charge in [-0.1, -0.05) is 12.1 Å². The first-order valence-electron chi connectivity index (χ1n) is 11.9. The molecule has 2 N–H and O–H groups in total. The van der Waals surface area contributed by atoms with Crippen LogP contribution < -0.4 is 15.4 Å². The van der Waals surface area contributed by atoms with Crippen LogP contribution in [0.4, 0.5) is 16.3 Å². The molecule has 2 heterocycles. The number of fused-ring (bicyclic) bond motifs is 1. The fourth-order valence-corrected chi connectivity index (χ4v) is 3.51. The van der Waals surface area contributed by atoms with Gasteiger partial charge in [-0.25, -0.2) is 14.8 Å². The number of carbonyl (C=O) groups is 2. The number of hydrogen-bond acceptors (Lipinski definition) is 8. The Hall–Kier alpha value is -4.47. The second-order valence-corrected chi connectivity index (χ2v) is 9.74. The summed E-state index contributed by atoms with van der Waals surface area (Å²) < 4.78 is 12.3. The predicted molar refractivity (Wildman–Crippen MR) is 141 cm³/mol. The Kier molecular flexibility index (Phi) is 7.37. The van der Waals surface area contributed by atoms with Crippen LogP contribution in [-0.4, -0.2) is 50.0 Å². The van der Waals surface area contributed by atoms with E-state index in [1.807, 2.05) is 58.9 Å². The highest BCUT2D eigenvalue weighted by Crippen LogP contribution is 2.25. The zero-order chi connectivity index (χ0) is 26.6. The van der Waals surface area contributed by atoms with Crippen molar-refractivity contribution in [3.63, 3.8) is 0 Å². The number of benzene rings is 2. The SMILES string of the molecule is CC(C)NC(=O)COc1cccc(-c2nccc(Nc3ccc4c(cnn4C(=O)OC(C)(C)C)c3)n2)c1. The summed E-state index contributed by atoms with van der Waals surface area (Å²) in [7, 11) is 0. The molecular weight excluding hydrogens is 472 g/mol. The molecule has 4 rings (SSSR count). The van der Waals surface area contributed by atoms with Crippen molar-refractivity contribution in [2.75, 3.05) is 11.9 Å². The minimum Gasteiger partial charge on any atom is -0.484 e. The third-order valence-corrected chi connectivity index (χ3v) is 4.97. The minimum atomic E-state index is -0.615. The first-order valence-corrected chi connectivity index (χ1v) is 11.9. The number of aromatic nitrogens is 4. The van der Waals surface area contributed by atoms with Crippen LogP contribution in [0, 0.1) is 0 Å². The lowest BCUT2D eigenvalue weighted by atomic mass is 10.2. The number of amides is 1. The van der Waals surface area contributed by atoms with E-state index in [-0.39, 0.29) is 18.6 Å². The van der Waals surface area contributed by atoms with Crippen molar-refractivity contribution in [1.29, 1.82) is 0 Å². The number of anilines is 2. The first kappa shape index (κ1) is 25.6. The Morgan fingerprint density at radius 3 is 2.65 bits per heavy atom. The Balaban J connectivity index is 1.48. The van der Waals surface area contributed by atoms with E-state index >= 15 is 0 Å². The molecule has 0 aliphatic rings. The van der Waals surface area contributed by atoms with Gasteiger partial charge >= 0.3 is 6.09 Å². The van der Waals surface area contributed by atoms with E-state index in [9.17, 15) is 9.59 Å². The van der Waals surface area contributed by atoms with Crippen LogP contribution in [0.25, 0.3) is 22.3 Å². The molecule has 0 bridgehead atoms. The summed E-state index contributed by atoms with van der Waals surface area (Å²) in [6.07, 6.45) is 2.74. The van der Waals surface area contributed by atoms with Gasteiger partial charge in [0.05, 0.1) is 11.7 Å². The fourth-order valence-electron chi connectivity index (χ4n) is 3.51. The summed E-state index contributed by atoms with van der Waals surface area (Å²) in [5.74, 6) is 1.45. The number of rotatable bonds is 7. The van der Waals surface area contributed by atoms with Crippen molar-refractivity contribution in [3.8, 4) is 17.1 Å². The van der Waals surface area contributed by atoms with E-state index in [4.69, 9.17) is 9.47 Å². The molecular formula is C27H30N6O4. The Labute approximate surface area is 215 Å². The van der Waals surface area contributed by atoms with E-state index in [1.165, 1.54) is 4.68 Å². The van der Waals surface area contributed by atoms with Crippen LogP contribution in [0.2, 0.25) is 0 Å². The van der Waals surface area contributed by atoms with E-state index in [2.05, 4.69) is 25.7 Å². The maximum atomic E-state index is 12.4. The van der Waals surface area contributed by atoms with Crippen molar-refractivity contribution in [2.45, 2.75) is 46.3 Å². The van der Waals surface area contributed by atoms with Gasteiger partial charge in [0.2, 0.25) is 0 Å². The maximum absolute atomic E-state index is 12.4. The topological polar surface area (TPSA) is 120 Å². The predicted octanol–water partition coefficient (Wildman–Crippen LogP) is 4.92. The fraction of sp³-hybridized carbons (Fsp3) is 0.296. The van der Waals surface area contributed by atoms with Crippen LogP contribution in [0.3, 0.4) is 0 Å². The third kappa shape index (κ3) is 6.81. The molecule has 1 amide bonds. The lowest BCUT2D eigenvalue weighted by Crippen LogP contribution is -2.34. The van der Waals surface area contributed by atoms with Crippen molar-refractivity contribution in [1.82, 2.24) is 25.1 Å². The molecule has 0 radical (unpaired) electrons. The molecule has 2 aromatic heterocycles. The summed E-state index contributed by atoms with van der Waals surface area (Å²) in [6.45, 7) is 9.15. The molecule has 0 saturated heterocycles. The Morgan fingerprint density at radius 2 is 1.89 bits per heavy atom. The van der Waals surface area contributed by atoms with Crippen molar-refractivity contribution >= 4 is 34.4 Å². The van der Waals surface area contributed by atoms with E-state index in [1.54, 1.807) is 36.7 Å². The average Bonchev–Trinajstić information content (AvgIpc) is 3.25. The van der Waals surface area contributed by atoms with E-state index in [0.29, 0.717) is 22.9 Å². The molecule has 0 aliphatic carbocycles. The molecule has 10 nitrogen and oxygen atoms in total. The molecule has 0 aliphatic heterocycles. The monoisotopic (exact) mass is 502 g/mol. The Bertz CT molecular complexity index is 1420. The van der Waals surface area contributed by atoms with E-state index < -0.39 is 11.7 Å². The van der Waals surface area contributed by atoms with Crippen LogP contribution in [0.15, 0.2) is 60.9 Å². The molecule has 10 heteroatoms. The molecule has 37 heavy (non-hydrogen) atoms. The van der Waals surface area contributed by atoms with Crippen molar-refractivity contribution in [2.24, 2.45) is 0 Å². The highest BCUT2D eigenvalue weighted by atomic mass is 16.6. The molecule has 0 fully saturated rings. The molecule has 0 saturated carbocycles. The van der Waals surface area contributed by atoms with Crippen LogP contribution in [-0.2, 0) is 9.53 Å². The van der Waals surface area contributed by atoms with Gasteiger partial charge in [-0.15, -0.1) is 0 Å². The second-order valence-electron chi connectivity index (χ2n) is 9.74. The quantitative estimate of drug-likeness (QED) is 0.365. The average molecular weight is 503 g/mol. The number of nitrogens with zero attached hydrogens (tertiary/aromatic N) is 4. The highest BCUT2D eigenvalue weighted by Gasteiger charge is 2.20. The first-order chi connectivity index (χ1) is 17.6. The van der Waals surface area contributed by atoms with Gasteiger partial charge in [0.25, 0.3) is 5.91 Å². The summed E-state index contributed by atoms with van der Waals surface area (Å²) in [5.41, 5.74) is 1.55. The van der Waals surface area contributed by atoms with E-state index in [0.717, 1.165) is 16.6 Å². The van der Waals surface area contributed by atoms with Gasteiger partial charge in [0, 0.05) is 28.9 Å². The molecule has 192 valence electrons. The molecule has 2 aromatic carbocycles. The lowest BCUT2D eigenvalue weighted by molar-refractivity contribution is -0.123. The number of carbonyl (C=O) groups excluding carboxylic acids is 2. The second kappa shape index (κ2) is 10.7. The van der Waals surface area contributed by atoms with Crippen LogP contribution in [0.1, 0.15) is 34.6 Å². The van der Waals surface area contributed by atoms with Crippen molar-refractivity contribution in [3.05, 3.63) is 60.9 Å². The van der Waals surface area contributed by atoms with Gasteiger partial charge in [0.15, 0.2) is 12.4 Å². The minimum absolute atomic E-state index is 0.0490. The van der Waals surface area contributed by atoms with Crippen LogP contribution in [0.5, 0.6) is 5.75 Å². The van der Waals surface area contributed by atoms with Crippen molar-refractivity contribution < 1.29 is 19.1 Å². The molecule has 0 atom stereocenters. The largest absolute Gasteiger partial charge is 0.484 e. The summed E-state index contributed by atoms with van der Waals surface area (Å²) in [5, 5.41) is 11.0. The zero-order valence-electron chi connectivity index (χ0n) is 21.5. The number of ether oxygens (including phenoxy) is 2. The standard InChI is InChI=1S/C27H30N6O4/c1-17(2)30-24(34)16-36-21-8-6-7-18(14-21)25-28-12-11-23(32-25)31-20-9-10-22-19(13-20)15-29-33(22)26(35)37-27(3,4)5/h6-15,17H,16H2,1-5H3,(H,30,34)(H,28,31,32). The Morgan fingerprint density at radius 1 is 1.08 bits per heavy atom. The van der Waals surface area contributed by atoms with Gasteiger partial charge < -0.3 is 20.1 Å². The van der Waals surface area contributed by atoms with Crippen LogP contribution >= 0.6 is 0 Å². The summed E-state index contributed by atoms with van der Waals surface area (Å²) >= 11 is 0. The van der Waals surface area contributed by atoms with Gasteiger partial charge in [-0.3, -0.25) is 4.79 Å². The highest BCUT2D eigenvalue weighted by molar-refractivity contribution is 5.90. The number of nitrogens with one attached hydrogen (secondary N) is 2. The molecule has 4 aromatic rings. The summed E-state index contributed by atoms with van der Waals surface area (Å²) in [6, 6.07) is 14.6. The smallest absolute Gasteiger partial charge is 0.435 e. The summed E-state index contributed by atoms with van der Waals surface area (Å²) in [4.78, 5) is 33.3. The zero-order valence-corrected chi connectivity index (χ0v) is 21.5. The third-order valence-electron chi connectivity index (χ3n) is 4.97. The number of hydrogen-bond donors (Lipinski definition) is 2. The van der Waals surface area contributed by atoms with Gasteiger partial charge in [0.1, 0.15) is 17.2 Å².